The number of aliphatic carboxylic acids is 1. The van der Waals surface area contributed by atoms with Crippen LogP contribution in [0.1, 0.15) is 135 Å². The minimum Gasteiger partial charge on any atom is -0.481 e. The summed E-state index contributed by atoms with van der Waals surface area (Å²) in [5.41, 5.74) is 0. The van der Waals surface area contributed by atoms with Gasteiger partial charge in [-0.05, 0) is 19.3 Å². The van der Waals surface area contributed by atoms with E-state index >= 15 is 0 Å². The quantitative estimate of drug-likeness (QED) is 0.209. The normalized spacial score (nSPS) is 12.4. The second kappa shape index (κ2) is 20.7. The van der Waals surface area contributed by atoms with Crippen LogP contribution in [-0.4, -0.2) is 22.3 Å². The molecule has 3 heteroatoms. The summed E-state index contributed by atoms with van der Waals surface area (Å²) < 4.78 is 0. The molecule has 1 unspecified atom stereocenters. The van der Waals surface area contributed by atoms with Crippen molar-refractivity contribution in [2.45, 2.75) is 141 Å². The number of aliphatic hydroxyl groups excluding tert-OH is 1. The number of carboxylic acid groups (broad SMARTS) is 1. The van der Waals surface area contributed by atoms with Crippen LogP contribution in [0, 0.1) is 0 Å². The van der Waals surface area contributed by atoms with Gasteiger partial charge in [-0.25, -0.2) is 0 Å². The molecule has 0 radical (unpaired) electrons. The molecule has 0 spiro atoms. The Hall–Kier alpha value is -0.570. The van der Waals surface area contributed by atoms with E-state index in [0.29, 0.717) is 6.42 Å². The molecule has 0 heterocycles. The highest BCUT2D eigenvalue weighted by molar-refractivity contribution is 5.66. The molecule has 0 fully saturated rings. The van der Waals surface area contributed by atoms with Crippen molar-refractivity contribution >= 4 is 5.97 Å². The summed E-state index contributed by atoms with van der Waals surface area (Å²) in [6.45, 7) is 2.25. The van der Waals surface area contributed by atoms with Gasteiger partial charge in [0.1, 0.15) is 0 Å². The smallest absolute Gasteiger partial charge is 0.303 e. The predicted octanol–water partition coefficient (Wildman–Crippen LogP) is 7.25. The van der Waals surface area contributed by atoms with E-state index in [-0.39, 0.29) is 6.10 Å². The number of carbonyl (C=O) groups is 1. The Balaban J connectivity index is 3.14. The van der Waals surface area contributed by atoms with Crippen molar-refractivity contribution < 1.29 is 15.0 Å². The van der Waals surface area contributed by atoms with E-state index in [2.05, 4.69) is 6.92 Å². The summed E-state index contributed by atoms with van der Waals surface area (Å²) >= 11 is 0. The number of carboxylic acids is 1. The van der Waals surface area contributed by atoms with E-state index in [1.54, 1.807) is 0 Å². The Kier molecular flexibility index (Phi) is 20.3. The van der Waals surface area contributed by atoms with Gasteiger partial charge in [0, 0.05) is 6.42 Å². The van der Waals surface area contributed by atoms with Crippen molar-refractivity contribution in [2.24, 2.45) is 0 Å². The molecule has 3 nitrogen and oxygen atoms in total. The summed E-state index contributed by atoms with van der Waals surface area (Å²) in [6, 6.07) is 0. The summed E-state index contributed by atoms with van der Waals surface area (Å²) in [5.74, 6) is -0.669. The third kappa shape index (κ3) is 21.5. The van der Waals surface area contributed by atoms with E-state index in [0.717, 1.165) is 25.7 Å². The molecule has 0 aliphatic rings. The maximum Gasteiger partial charge on any atom is 0.303 e. The Bertz CT molecular complexity index is 291. The zero-order valence-electron chi connectivity index (χ0n) is 17.5. The minimum absolute atomic E-state index is 0.0727. The van der Waals surface area contributed by atoms with Crippen LogP contribution in [-0.2, 0) is 4.79 Å². The lowest BCUT2D eigenvalue weighted by atomic mass is 10.0. The topological polar surface area (TPSA) is 57.5 Å². The van der Waals surface area contributed by atoms with E-state index < -0.39 is 5.97 Å². The van der Waals surface area contributed by atoms with E-state index in [1.807, 2.05) is 0 Å². The number of hydrogen-bond donors (Lipinski definition) is 2. The highest BCUT2D eigenvalue weighted by Gasteiger charge is 2.03. The maximum absolute atomic E-state index is 10.4. The zero-order chi connectivity index (χ0) is 19.3. The van der Waals surface area contributed by atoms with Crippen LogP contribution >= 0.6 is 0 Å². The van der Waals surface area contributed by atoms with Crippen LogP contribution in [0.25, 0.3) is 0 Å². The van der Waals surface area contributed by atoms with Crippen molar-refractivity contribution in [1.82, 2.24) is 0 Å². The van der Waals surface area contributed by atoms with E-state index in [1.165, 1.54) is 96.3 Å². The van der Waals surface area contributed by atoms with Crippen molar-refractivity contribution in [1.29, 1.82) is 0 Å². The van der Waals surface area contributed by atoms with Gasteiger partial charge in [-0.2, -0.15) is 0 Å². The third-order valence-electron chi connectivity index (χ3n) is 5.32. The zero-order valence-corrected chi connectivity index (χ0v) is 17.5. The molecule has 156 valence electrons. The average molecular weight is 371 g/mol. The lowest BCUT2D eigenvalue weighted by molar-refractivity contribution is -0.137. The highest BCUT2D eigenvalue weighted by Crippen LogP contribution is 2.15. The molecule has 1 atom stereocenters. The molecule has 0 aromatic carbocycles. The second-order valence-corrected chi connectivity index (χ2v) is 8.03. The van der Waals surface area contributed by atoms with Gasteiger partial charge in [0.25, 0.3) is 0 Å². The molecule has 0 aromatic rings. The van der Waals surface area contributed by atoms with E-state index in [9.17, 15) is 9.90 Å². The first-order chi connectivity index (χ1) is 12.7. The number of rotatable bonds is 21. The van der Waals surface area contributed by atoms with Gasteiger partial charge < -0.3 is 10.2 Å². The summed E-state index contributed by atoms with van der Waals surface area (Å²) in [6.07, 6.45) is 23.4. The first-order valence-corrected chi connectivity index (χ1v) is 11.6. The average Bonchev–Trinajstić information content (AvgIpc) is 2.61. The first kappa shape index (κ1) is 25.4. The second-order valence-electron chi connectivity index (χ2n) is 8.03. The van der Waals surface area contributed by atoms with Gasteiger partial charge in [-0.1, -0.05) is 110 Å². The molecule has 0 aliphatic heterocycles. The molecule has 0 bridgehead atoms. The number of aliphatic hydroxyl groups is 1. The lowest BCUT2D eigenvalue weighted by Crippen LogP contribution is -2.05. The summed E-state index contributed by atoms with van der Waals surface area (Å²) in [7, 11) is 0. The highest BCUT2D eigenvalue weighted by atomic mass is 16.4. The van der Waals surface area contributed by atoms with Crippen molar-refractivity contribution in [3.8, 4) is 0 Å². The minimum atomic E-state index is -0.669. The molecule has 0 rings (SSSR count). The Morgan fingerprint density at radius 3 is 1.35 bits per heavy atom. The van der Waals surface area contributed by atoms with E-state index in [4.69, 9.17) is 5.11 Å². The van der Waals surface area contributed by atoms with Gasteiger partial charge >= 0.3 is 5.97 Å². The Morgan fingerprint density at radius 2 is 0.962 bits per heavy atom. The van der Waals surface area contributed by atoms with Crippen LogP contribution in [0.4, 0.5) is 0 Å². The molecule has 0 aromatic heterocycles. The fraction of sp³-hybridized carbons (Fsp3) is 0.957. The lowest BCUT2D eigenvalue weighted by Gasteiger charge is -2.10. The fourth-order valence-corrected chi connectivity index (χ4v) is 3.55. The molecule has 26 heavy (non-hydrogen) atoms. The summed E-state index contributed by atoms with van der Waals surface area (Å²) in [4.78, 5) is 10.4. The Morgan fingerprint density at radius 1 is 0.615 bits per heavy atom. The fourth-order valence-electron chi connectivity index (χ4n) is 3.55. The third-order valence-corrected chi connectivity index (χ3v) is 5.32. The molecule has 0 saturated heterocycles. The molecule has 0 saturated carbocycles. The molecule has 2 N–H and O–H groups in total. The van der Waals surface area contributed by atoms with Crippen molar-refractivity contribution in [3.63, 3.8) is 0 Å². The monoisotopic (exact) mass is 370 g/mol. The standard InChI is InChI=1S/C23H46O3/c1-2-3-4-5-10-13-16-19-22(24)20-17-14-11-8-6-7-9-12-15-18-21-23(25)26/h22,24H,2-21H2,1H3,(H,25,26). The molecule has 0 aliphatic carbocycles. The van der Waals surface area contributed by atoms with Crippen molar-refractivity contribution in [2.75, 3.05) is 0 Å². The van der Waals surface area contributed by atoms with Crippen molar-refractivity contribution in [3.05, 3.63) is 0 Å². The largest absolute Gasteiger partial charge is 0.481 e. The van der Waals surface area contributed by atoms with Crippen LogP contribution in [0.2, 0.25) is 0 Å². The Labute approximate surface area is 163 Å². The van der Waals surface area contributed by atoms with Gasteiger partial charge in [0.05, 0.1) is 6.10 Å². The van der Waals surface area contributed by atoms with Crippen LogP contribution in [0.3, 0.4) is 0 Å². The molecular formula is C23H46O3. The summed E-state index contributed by atoms with van der Waals surface area (Å²) in [5, 5.41) is 18.6. The number of unbranched alkanes of at least 4 members (excludes halogenated alkanes) is 15. The van der Waals surface area contributed by atoms with Gasteiger partial charge in [-0.15, -0.1) is 0 Å². The van der Waals surface area contributed by atoms with Gasteiger partial charge in [0.2, 0.25) is 0 Å². The first-order valence-electron chi connectivity index (χ1n) is 11.6. The van der Waals surface area contributed by atoms with Gasteiger partial charge in [0.15, 0.2) is 0 Å². The predicted molar refractivity (Wildman–Crippen MR) is 112 cm³/mol. The maximum atomic E-state index is 10.4. The van der Waals surface area contributed by atoms with Crippen LogP contribution in [0.5, 0.6) is 0 Å². The van der Waals surface area contributed by atoms with Crippen LogP contribution < -0.4 is 0 Å². The molecule has 0 amide bonds. The SMILES string of the molecule is CCCCCCCCCC(O)CCCCCCCCCCCCC(=O)O. The molecular weight excluding hydrogens is 324 g/mol. The van der Waals surface area contributed by atoms with Gasteiger partial charge in [-0.3, -0.25) is 4.79 Å². The number of hydrogen-bond acceptors (Lipinski definition) is 2. The van der Waals surface area contributed by atoms with Crippen LogP contribution in [0.15, 0.2) is 0 Å².